The Bertz CT molecular complexity index is 939. The SMILES string of the molecule is CC[C@@H](NC(=O)c1cccc(NS(C)(=O)=O)c1C)c1ccc(OC)c(C)c1. The second-order valence-corrected chi connectivity index (χ2v) is 8.26. The third-order valence-electron chi connectivity index (χ3n) is 4.41. The summed E-state index contributed by atoms with van der Waals surface area (Å²) in [5.41, 5.74) is 3.41. The molecule has 7 heteroatoms. The molecule has 2 rings (SSSR count). The van der Waals surface area contributed by atoms with Gasteiger partial charge in [0.2, 0.25) is 10.0 Å². The maximum atomic E-state index is 12.8. The molecule has 0 fully saturated rings. The number of rotatable bonds is 7. The highest BCUT2D eigenvalue weighted by Crippen LogP contribution is 2.25. The number of nitrogens with one attached hydrogen (secondary N) is 2. The number of aryl methyl sites for hydroxylation is 1. The highest BCUT2D eigenvalue weighted by atomic mass is 32.2. The van der Waals surface area contributed by atoms with E-state index in [2.05, 4.69) is 10.0 Å². The lowest BCUT2D eigenvalue weighted by Crippen LogP contribution is -2.29. The fraction of sp³-hybridized carbons (Fsp3) is 0.350. The molecule has 0 aromatic heterocycles. The van der Waals surface area contributed by atoms with Crippen LogP contribution in [0.4, 0.5) is 5.69 Å². The van der Waals surface area contributed by atoms with Crippen molar-refractivity contribution in [3.05, 3.63) is 58.7 Å². The van der Waals surface area contributed by atoms with Crippen LogP contribution in [0.2, 0.25) is 0 Å². The molecule has 2 aromatic carbocycles. The van der Waals surface area contributed by atoms with Gasteiger partial charge in [-0.1, -0.05) is 25.1 Å². The molecule has 0 aliphatic heterocycles. The largest absolute Gasteiger partial charge is 0.496 e. The molecule has 1 atom stereocenters. The molecular formula is C20H26N2O4S. The van der Waals surface area contributed by atoms with E-state index in [1.165, 1.54) is 0 Å². The van der Waals surface area contributed by atoms with Gasteiger partial charge in [0, 0.05) is 5.56 Å². The Morgan fingerprint density at radius 2 is 1.89 bits per heavy atom. The first-order valence-corrected chi connectivity index (χ1v) is 10.6. The molecule has 0 radical (unpaired) electrons. The summed E-state index contributed by atoms with van der Waals surface area (Å²) in [6.07, 6.45) is 1.80. The lowest BCUT2D eigenvalue weighted by molar-refractivity contribution is 0.0935. The Morgan fingerprint density at radius 1 is 1.19 bits per heavy atom. The van der Waals surface area contributed by atoms with Gasteiger partial charge in [0.15, 0.2) is 0 Å². The molecule has 0 unspecified atom stereocenters. The van der Waals surface area contributed by atoms with Gasteiger partial charge in [-0.05, 0) is 55.2 Å². The second kappa shape index (κ2) is 8.43. The van der Waals surface area contributed by atoms with Gasteiger partial charge in [0.05, 0.1) is 25.1 Å². The van der Waals surface area contributed by atoms with E-state index in [9.17, 15) is 13.2 Å². The van der Waals surface area contributed by atoms with Crippen LogP contribution in [0.5, 0.6) is 5.75 Å². The van der Waals surface area contributed by atoms with Crippen molar-refractivity contribution >= 4 is 21.6 Å². The Kier molecular flexibility index (Phi) is 6.49. The monoisotopic (exact) mass is 390 g/mol. The van der Waals surface area contributed by atoms with E-state index < -0.39 is 10.0 Å². The van der Waals surface area contributed by atoms with E-state index in [0.29, 0.717) is 16.8 Å². The summed E-state index contributed by atoms with van der Waals surface area (Å²) in [6, 6.07) is 10.7. The summed E-state index contributed by atoms with van der Waals surface area (Å²) in [6.45, 7) is 5.68. The molecule has 27 heavy (non-hydrogen) atoms. The van der Waals surface area contributed by atoms with Gasteiger partial charge in [-0.2, -0.15) is 0 Å². The zero-order valence-corrected chi connectivity index (χ0v) is 17.1. The molecule has 2 N–H and O–H groups in total. The van der Waals surface area contributed by atoms with Crippen molar-refractivity contribution in [1.82, 2.24) is 5.32 Å². The normalized spacial score (nSPS) is 12.3. The summed E-state index contributed by atoms with van der Waals surface area (Å²) in [7, 11) is -1.79. The Balaban J connectivity index is 2.27. The van der Waals surface area contributed by atoms with Crippen molar-refractivity contribution in [2.24, 2.45) is 0 Å². The molecule has 0 aliphatic rings. The molecule has 6 nitrogen and oxygen atoms in total. The summed E-state index contributed by atoms with van der Waals surface area (Å²) < 4.78 is 30.7. The highest BCUT2D eigenvalue weighted by Gasteiger charge is 2.18. The van der Waals surface area contributed by atoms with E-state index in [1.54, 1.807) is 32.2 Å². The minimum atomic E-state index is -3.42. The van der Waals surface area contributed by atoms with Gasteiger partial charge in [0.25, 0.3) is 5.91 Å². The van der Waals surface area contributed by atoms with Gasteiger partial charge >= 0.3 is 0 Å². The first-order valence-electron chi connectivity index (χ1n) is 8.69. The van der Waals surface area contributed by atoms with Crippen LogP contribution < -0.4 is 14.8 Å². The maximum absolute atomic E-state index is 12.8. The molecule has 0 saturated heterocycles. The fourth-order valence-corrected chi connectivity index (χ4v) is 3.59. The number of ether oxygens (including phenoxy) is 1. The number of carbonyl (C=O) groups is 1. The van der Waals surface area contributed by atoms with Crippen molar-refractivity contribution in [2.75, 3.05) is 18.1 Å². The summed E-state index contributed by atoms with van der Waals surface area (Å²) >= 11 is 0. The number of methoxy groups -OCH3 is 1. The average Bonchev–Trinajstić information content (AvgIpc) is 2.60. The Hall–Kier alpha value is -2.54. The van der Waals surface area contributed by atoms with E-state index in [0.717, 1.165) is 29.6 Å². The molecule has 0 saturated carbocycles. The van der Waals surface area contributed by atoms with Gasteiger partial charge in [-0.15, -0.1) is 0 Å². The fourth-order valence-electron chi connectivity index (χ4n) is 2.97. The summed E-state index contributed by atoms with van der Waals surface area (Å²) in [5, 5.41) is 3.04. The van der Waals surface area contributed by atoms with Crippen molar-refractivity contribution in [3.8, 4) is 5.75 Å². The minimum absolute atomic E-state index is 0.159. The van der Waals surface area contributed by atoms with Gasteiger partial charge in [-0.3, -0.25) is 9.52 Å². The third-order valence-corrected chi connectivity index (χ3v) is 5.00. The number of amides is 1. The molecule has 0 spiro atoms. The zero-order valence-electron chi connectivity index (χ0n) is 16.3. The zero-order chi connectivity index (χ0) is 20.2. The van der Waals surface area contributed by atoms with Gasteiger partial charge in [-0.25, -0.2) is 8.42 Å². The second-order valence-electron chi connectivity index (χ2n) is 6.52. The van der Waals surface area contributed by atoms with Crippen molar-refractivity contribution < 1.29 is 17.9 Å². The number of hydrogen-bond acceptors (Lipinski definition) is 4. The minimum Gasteiger partial charge on any atom is -0.496 e. The third kappa shape index (κ3) is 5.23. The van der Waals surface area contributed by atoms with Crippen LogP contribution >= 0.6 is 0 Å². The number of benzene rings is 2. The number of carbonyl (C=O) groups excluding carboxylic acids is 1. The topological polar surface area (TPSA) is 84.5 Å². The quantitative estimate of drug-likeness (QED) is 0.757. The van der Waals surface area contributed by atoms with Crippen LogP contribution in [0, 0.1) is 13.8 Å². The molecule has 0 heterocycles. The van der Waals surface area contributed by atoms with E-state index >= 15 is 0 Å². The van der Waals surface area contributed by atoms with Crippen LogP contribution in [-0.4, -0.2) is 27.7 Å². The predicted molar refractivity (Wildman–Crippen MR) is 108 cm³/mol. The number of sulfonamides is 1. The lowest BCUT2D eigenvalue weighted by Gasteiger charge is -2.20. The van der Waals surface area contributed by atoms with Crippen LogP contribution in [0.3, 0.4) is 0 Å². The van der Waals surface area contributed by atoms with Crippen molar-refractivity contribution in [2.45, 2.75) is 33.2 Å². The Morgan fingerprint density at radius 3 is 2.44 bits per heavy atom. The molecular weight excluding hydrogens is 364 g/mol. The van der Waals surface area contributed by atoms with E-state index in [-0.39, 0.29) is 11.9 Å². The Labute approximate surface area is 161 Å². The molecule has 2 aromatic rings. The summed E-state index contributed by atoms with van der Waals surface area (Å²) in [5.74, 6) is 0.556. The van der Waals surface area contributed by atoms with Crippen molar-refractivity contribution in [3.63, 3.8) is 0 Å². The maximum Gasteiger partial charge on any atom is 0.252 e. The van der Waals surface area contributed by atoms with Crippen LogP contribution in [0.1, 0.15) is 46.4 Å². The highest BCUT2D eigenvalue weighted by molar-refractivity contribution is 7.92. The van der Waals surface area contributed by atoms with Crippen LogP contribution in [0.15, 0.2) is 36.4 Å². The van der Waals surface area contributed by atoms with Gasteiger partial charge in [0.1, 0.15) is 5.75 Å². The number of hydrogen-bond donors (Lipinski definition) is 2. The smallest absolute Gasteiger partial charge is 0.252 e. The van der Waals surface area contributed by atoms with Gasteiger partial charge < -0.3 is 10.1 Å². The predicted octanol–water partition coefficient (Wildman–Crippen LogP) is 3.56. The number of anilines is 1. The lowest BCUT2D eigenvalue weighted by atomic mass is 10.00. The molecule has 0 aliphatic carbocycles. The standard InChI is InChI=1S/C20H26N2O4S/c1-6-17(15-10-11-19(26-4)13(2)12-15)21-20(23)16-8-7-9-18(14(16)3)22-27(5,24)25/h7-12,17,22H,6H2,1-5H3,(H,21,23)/t17-/m1/s1. The first-order chi connectivity index (χ1) is 12.7. The first kappa shape index (κ1) is 20.8. The van der Waals surface area contributed by atoms with E-state index in [4.69, 9.17) is 4.74 Å². The van der Waals surface area contributed by atoms with Crippen LogP contribution in [-0.2, 0) is 10.0 Å². The average molecular weight is 391 g/mol. The molecule has 1 amide bonds. The molecule has 146 valence electrons. The van der Waals surface area contributed by atoms with Crippen LogP contribution in [0.25, 0.3) is 0 Å². The molecule has 0 bridgehead atoms. The summed E-state index contributed by atoms with van der Waals surface area (Å²) in [4.78, 5) is 12.8. The van der Waals surface area contributed by atoms with Crippen molar-refractivity contribution in [1.29, 1.82) is 0 Å². The van der Waals surface area contributed by atoms with E-state index in [1.807, 2.05) is 32.0 Å².